The van der Waals surface area contributed by atoms with Gasteiger partial charge in [-0.2, -0.15) is 0 Å². The predicted octanol–water partition coefficient (Wildman–Crippen LogP) is 4.08. The first-order chi connectivity index (χ1) is 10.7. The van der Waals surface area contributed by atoms with E-state index in [1.165, 1.54) is 58.1 Å². The second-order valence-corrected chi connectivity index (χ2v) is 5.67. The van der Waals surface area contributed by atoms with E-state index in [2.05, 4.69) is 6.07 Å². The van der Waals surface area contributed by atoms with Gasteiger partial charge in [0.05, 0.1) is 14.2 Å². The maximum atomic E-state index is 11.7. The highest BCUT2D eigenvalue weighted by Gasteiger charge is 2.19. The zero-order valence-electron chi connectivity index (χ0n) is 13.6. The van der Waals surface area contributed by atoms with Gasteiger partial charge < -0.3 is 14.2 Å². The average Bonchev–Trinajstić information content (AvgIpc) is 2.56. The molecule has 0 atom stereocenters. The van der Waals surface area contributed by atoms with Crippen LogP contribution in [0.3, 0.4) is 0 Å². The number of carbonyl (C=O) groups is 1. The fraction of sp³-hybridized carbons (Fsp3) is 0.500. The first kappa shape index (κ1) is 16.4. The summed E-state index contributed by atoms with van der Waals surface area (Å²) in [5.74, 6) is 0.764. The summed E-state index contributed by atoms with van der Waals surface area (Å²) < 4.78 is 15.3. The lowest BCUT2D eigenvalue weighted by atomic mass is 9.84. The van der Waals surface area contributed by atoms with Crippen LogP contribution in [-0.4, -0.2) is 20.2 Å². The molecule has 0 unspecified atom stereocenters. The monoisotopic (exact) mass is 304 g/mol. The molecule has 4 nitrogen and oxygen atoms in total. The second kappa shape index (κ2) is 7.87. The Labute approximate surface area is 132 Å². The molecular weight excluding hydrogens is 280 g/mol. The van der Waals surface area contributed by atoms with Crippen LogP contribution in [0.4, 0.5) is 0 Å². The SMILES string of the molecule is CO/C=C(\Oc1cc(C2CCCCC2)ccc1C)C(=O)OC. The number of benzene rings is 1. The smallest absolute Gasteiger partial charge is 0.377 e. The fourth-order valence-electron chi connectivity index (χ4n) is 2.86. The Kier molecular flexibility index (Phi) is 5.87. The minimum absolute atomic E-state index is 0.0499. The molecule has 0 heterocycles. The van der Waals surface area contributed by atoms with Gasteiger partial charge in [0.1, 0.15) is 12.0 Å². The lowest BCUT2D eigenvalue weighted by Gasteiger charge is -2.23. The molecule has 0 N–H and O–H groups in total. The van der Waals surface area contributed by atoms with Crippen LogP contribution in [-0.2, 0) is 14.3 Å². The van der Waals surface area contributed by atoms with Crippen molar-refractivity contribution in [2.45, 2.75) is 44.9 Å². The van der Waals surface area contributed by atoms with Crippen LogP contribution in [0, 0.1) is 6.92 Å². The van der Waals surface area contributed by atoms with Gasteiger partial charge in [-0.1, -0.05) is 31.4 Å². The van der Waals surface area contributed by atoms with Crippen molar-refractivity contribution in [2.24, 2.45) is 0 Å². The molecule has 2 rings (SSSR count). The molecule has 0 bridgehead atoms. The third-order valence-electron chi connectivity index (χ3n) is 4.12. The summed E-state index contributed by atoms with van der Waals surface area (Å²) in [4.78, 5) is 11.7. The van der Waals surface area contributed by atoms with Crippen molar-refractivity contribution in [3.63, 3.8) is 0 Å². The first-order valence-electron chi connectivity index (χ1n) is 7.75. The van der Waals surface area contributed by atoms with Crippen molar-refractivity contribution in [3.8, 4) is 5.75 Å². The zero-order valence-corrected chi connectivity index (χ0v) is 13.6. The summed E-state index contributed by atoms with van der Waals surface area (Å²) in [6.07, 6.45) is 7.60. The van der Waals surface area contributed by atoms with Crippen molar-refractivity contribution in [1.29, 1.82) is 0 Å². The third-order valence-corrected chi connectivity index (χ3v) is 4.12. The van der Waals surface area contributed by atoms with Gasteiger partial charge in [0.15, 0.2) is 0 Å². The third kappa shape index (κ3) is 4.03. The Hall–Kier alpha value is -1.97. The zero-order chi connectivity index (χ0) is 15.9. The summed E-state index contributed by atoms with van der Waals surface area (Å²) in [5, 5.41) is 0. The topological polar surface area (TPSA) is 44.8 Å². The van der Waals surface area contributed by atoms with E-state index in [0.717, 1.165) is 5.56 Å². The van der Waals surface area contributed by atoms with Gasteiger partial charge in [-0.15, -0.1) is 0 Å². The normalized spacial score (nSPS) is 16.2. The Morgan fingerprint density at radius 2 is 1.91 bits per heavy atom. The highest BCUT2D eigenvalue weighted by atomic mass is 16.6. The number of esters is 1. The first-order valence-corrected chi connectivity index (χ1v) is 7.75. The van der Waals surface area contributed by atoms with Crippen LogP contribution in [0.1, 0.15) is 49.1 Å². The van der Waals surface area contributed by atoms with Crippen molar-refractivity contribution in [2.75, 3.05) is 14.2 Å². The van der Waals surface area contributed by atoms with Crippen LogP contribution < -0.4 is 4.74 Å². The van der Waals surface area contributed by atoms with E-state index >= 15 is 0 Å². The van der Waals surface area contributed by atoms with Gasteiger partial charge in [0.25, 0.3) is 0 Å². The van der Waals surface area contributed by atoms with Gasteiger partial charge >= 0.3 is 5.97 Å². The van der Waals surface area contributed by atoms with E-state index in [1.807, 2.05) is 19.1 Å². The van der Waals surface area contributed by atoms with E-state index in [-0.39, 0.29) is 5.76 Å². The molecule has 0 amide bonds. The Morgan fingerprint density at radius 1 is 1.18 bits per heavy atom. The summed E-state index contributed by atoms with van der Waals surface area (Å²) >= 11 is 0. The van der Waals surface area contributed by atoms with Gasteiger partial charge in [-0.05, 0) is 42.9 Å². The number of hydrogen-bond donors (Lipinski definition) is 0. The lowest BCUT2D eigenvalue weighted by molar-refractivity contribution is -0.138. The van der Waals surface area contributed by atoms with E-state index < -0.39 is 5.97 Å². The van der Waals surface area contributed by atoms with Crippen LogP contribution in [0.15, 0.2) is 30.2 Å². The highest BCUT2D eigenvalue weighted by Crippen LogP contribution is 2.35. The maximum absolute atomic E-state index is 11.7. The van der Waals surface area contributed by atoms with Crippen LogP contribution >= 0.6 is 0 Å². The molecular formula is C18H24O4. The standard InChI is InChI=1S/C18H24O4/c1-13-9-10-15(14-7-5-4-6-8-14)11-16(13)22-17(12-20-2)18(19)21-3/h9-12,14H,4-8H2,1-3H3/b17-12-. The summed E-state index contributed by atoms with van der Waals surface area (Å²) in [6.45, 7) is 1.96. The van der Waals surface area contributed by atoms with Crippen LogP contribution in [0.25, 0.3) is 0 Å². The minimum Gasteiger partial charge on any atom is -0.500 e. The van der Waals surface area contributed by atoms with E-state index in [9.17, 15) is 4.79 Å². The molecule has 1 fully saturated rings. The predicted molar refractivity (Wildman–Crippen MR) is 84.7 cm³/mol. The largest absolute Gasteiger partial charge is 0.500 e. The van der Waals surface area contributed by atoms with Crippen LogP contribution in [0.2, 0.25) is 0 Å². The summed E-state index contributed by atoms with van der Waals surface area (Å²) in [5.41, 5.74) is 2.26. The molecule has 1 aromatic rings. The molecule has 120 valence electrons. The van der Waals surface area contributed by atoms with Gasteiger partial charge in [0.2, 0.25) is 5.76 Å². The number of rotatable bonds is 5. The lowest BCUT2D eigenvalue weighted by Crippen LogP contribution is -2.12. The number of ether oxygens (including phenoxy) is 3. The van der Waals surface area contributed by atoms with E-state index in [1.54, 1.807) is 0 Å². The molecule has 0 spiro atoms. The highest BCUT2D eigenvalue weighted by molar-refractivity contribution is 5.86. The molecule has 1 aliphatic rings. The molecule has 1 saturated carbocycles. The van der Waals surface area contributed by atoms with E-state index in [4.69, 9.17) is 14.2 Å². The van der Waals surface area contributed by atoms with Crippen molar-refractivity contribution in [1.82, 2.24) is 0 Å². The van der Waals surface area contributed by atoms with Crippen molar-refractivity contribution in [3.05, 3.63) is 41.3 Å². The molecule has 22 heavy (non-hydrogen) atoms. The van der Waals surface area contributed by atoms with Gasteiger partial charge in [-0.3, -0.25) is 0 Å². The summed E-state index contributed by atoms with van der Waals surface area (Å²) in [7, 11) is 2.79. The van der Waals surface area contributed by atoms with Gasteiger partial charge in [0, 0.05) is 0 Å². The number of aryl methyl sites for hydroxylation is 1. The fourth-order valence-corrected chi connectivity index (χ4v) is 2.86. The Bertz CT molecular complexity index is 542. The minimum atomic E-state index is -0.552. The van der Waals surface area contributed by atoms with E-state index in [0.29, 0.717) is 11.7 Å². The Morgan fingerprint density at radius 3 is 2.55 bits per heavy atom. The van der Waals surface area contributed by atoms with Crippen molar-refractivity contribution < 1.29 is 19.0 Å². The summed E-state index contributed by atoms with van der Waals surface area (Å²) in [6, 6.07) is 6.24. The number of hydrogen-bond acceptors (Lipinski definition) is 4. The second-order valence-electron chi connectivity index (χ2n) is 5.67. The number of carbonyl (C=O) groups excluding carboxylic acids is 1. The number of methoxy groups -OCH3 is 2. The molecule has 0 saturated heterocycles. The van der Waals surface area contributed by atoms with Crippen molar-refractivity contribution >= 4 is 5.97 Å². The average molecular weight is 304 g/mol. The maximum Gasteiger partial charge on any atom is 0.377 e. The molecule has 0 aromatic heterocycles. The Balaban J connectivity index is 2.22. The van der Waals surface area contributed by atoms with Crippen LogP contribution in [0.5, 0.6) is 5.75 Å². The molecule has 0 aliphatic heterocycles. The molecule has 0 radical (unpaired) electrons. The molecule has 1 aromatic carbocycles. The van der Waals surface area contributed by atoms with Gasteiger partial charge in [-0.25, -0.2) is 4.79 Å². The molecule has 1 aliphatic carbocycles. The quantitative estimate of drug-likeness (QED) is 0.467. The molecule has 4 heteroatoms.